The van der Waals surface area contributed by atoms with Crippen molar-refractivity contribution in [2.24, 2.45) is 11.7 Å². The fourth-order valence-electron chi connectivity index (χ4n) is 1.62. The normalized spacial score (nSPS) is 14.3. The van der Waals surface area contributed by atoms with E-state index in [2.05, 4.69) is 23.8 Å². The van der Waals surface area contributed by atoms with Gasteiger partial charge in [-0.25, -0.2) is 4.98 Å². The fourth-order valence-corrected chi connectivity index (χ4v) is 1.62. The van der Waals surface area contributed by atoms with Crippen LogP contribution in [0, 0.1) is 5.92 Å². The molecule has 5 heteroatoms. The van der Waals surface area contributed by atoms with E-state index in [0.29, 0.717) is 18.9 Å². The maximum atomic E-state index is 11.6. The average Bonchev–Trinajstić information content (AvgIpc) is 2.79. The Kier molecular flexibility index (Phi) is 5.69. The van der Waals surface area contributed by atoms with Crippen molar-refractivity contribution in [3.8, 4) is 0 Å². The van der Waals surface area contributed by atoms with E-state index >= 15 is 0 Å². The molecule has 0 saturated heterocycles. The molecule has 17 heavy (non-hydrogen) atoms. The minimum atomic E-state index is -0.621. The summed E-state index contributed by atoms with van der Waals surface area (Å²) in [5.74, 6) is 0.0471. The topological polar surface area (TPSA) is 81.0 Å². The second kappa shape index (κ2) is 7.06. The summed E-state index contributed by atoms with van der Waals surface area (Å²) in [6.45, 7) is 4.63. The first kappa shape index (κ1) is 13.7. The molecule has 0 aliphatic heterocycles. The highest BCUT2D eigenvalue weighted by molar-refractivity contribution is 5.75. The third kappa shape index (κ3) is 4.99. The van der Waals surface area contributed by atoms with E-state index in [0.717, 1.165) is 18.5 Å². The van der Waals surface area contributed by atoms with Crippen LogP contribution in [0.1, 0.15) is 32.4 Å². The number of nitrogens with one attached hydrogen (secondary N) is 1. The lowest BCUT2D eigenvalue weighted by atomic mass is 10.1. The highest BCUT2D eigenvalue weighted by atomic mass is 16.5. The third-order valence-electron chi connectivity index (χ3n) is 2.59. The summed E-state index contributed by atoms with van der Waals surface area (Å²) >= 11 is 0. The van der Waals surface area contributed by atoms with Crippen molar-refractivity contribution in [2.45, 2.75) is 39.2 Å². The summed E-state index contributed by atoms with van der Waals surface area (Å²) in [6, 6.07) is -0.621. The lowest BCUT2D eigenvalue weighted by molar-refractivity contribution is -0.146. The molecule has 0 spiro atoms. The predicted molar refractivity (Wildman–Crippen MR) is 65.3 cm³/mol. The van der Waals surface area contributed by atoms with E-state index in [-0.39, 0.29) is 5.97 Å². The van der Waals surface area contributed by atoms with E-state index in [1.165, 1.54) is 0 Å². The zero-order valence-corrected chi connectivity index (χ0v) is 10.5. The largest absolute Gasteiger partial charge is 0.464 e. The Morgan fingerprint density at radius 1 is 1.65 bits per heavy atom. The molecule has 5 nitrogen and oxygen atoms in total. The molecule has 1 heterocycles. The molecule has 0 aliphatic rings. The molecule has 2 atom stereocenters. The first-order valence-corrected chi connectivity index (χ1v) is 6.03. The number of hydrogen-bond acceptors (Lipinski definition) is 4. The van der Waals surface area contributed by atoms with Crippen LogP contribution in [0.3, 0.4) is 0 Å². The smallest absolute Gasteiger partial charge is 0.323 e. The monoisotopic (exact) mass is 239 g/mol. The van der Waals surface area contributed by atoms with E-state index in [9.17, 15) is 4.79 Å². The number of H-pyrrole nitrogens is 1. The minimum Gasteiger partial charge on any atom is -0.464 e. The quantitative estimate of drug-likeness (QED) is 0.702. The van der Waals surface area contributed by atoms with Crippen molar-refractivity contribution in [3.05, 3.63) is 18.2 Å². The van der Waals surface area contributed by atoms with Gasteiger partial charge in [-0.15, -0.1) is 0 Å². The lowest BCUT2D eigenvalue weighted by Gasteiger charge is -2.14. The number of nitrogens with two attached hydrogens (primary N) is 1. The van der Waals surface area contributed by atoms with Gasteiger partial charge in [0.25, 0.3) is 0 Å². The number of esters is 1. The van der Waals surface area contributed by atoms with E-state index in [4.69, 9.17) is 10.5 Å². The van der Waals surface area contributed by atoms with Crippen LogP contribution in [-0.4, -0.2) is 28.6 Å². The Morgan fingerprint density at radius 3 is 3.00 bits per heavy atom. The van der Waals surface area contributed by atoms with Gasteiger partial charge in [0, 0.05) is 18.3 Å². The Morgan fingerprint density at radius 2 is 2.41 bits per heavy atom. The maximum absolute atomic E-state index is 11.6. The number of aromatic nitrogens is 2. The molecule has 0 aliphatic carbocycles. The maximum Gasteiger partial charge on any atom is 0.323 e. The van der Waals surface area contributed by atoms with E-state index in [1.54, 1.807) is 12.5 Å². The summed E-state index contributed by atoms with van der Waals surface area (Å²) < 4.78 is 5.17. The molecular formula is C12H21N3O2. The van der Waals surface area contributed by atoms with Crippen molar-refractivity contribution in [3.63, 3.8) is 0 Å². The van der Waals surface area contributed by atoms with E-state index in [1.807, 2.05) is 0 Å². The van der Waals surface area contributed by atoms with Crippen molar-refractivity contribution in [1.29, 1.82) is 0 Å². The molecule has 0 amide bonds. The van der Waals surface area contributed by atoms with Gasteiger partial charge in [-0.2, -0.15) is 0 Å². The van der Waals surface area contributed by atoms with Crippen molar-refractivity contribution >= 4 is 5.97 Å². The van der Waals surface area contributed by atoms with Gasteiger partial charge in [-0.1, -0.05) is 20.3 Å². The minimum absolute atomic E-state index is 0.345. The SMILES string of the molecule is CCCC(C)COC(=O)[C@@H](N)Cc1cnc[nH]1. The molecule has 1 aromatic rings. The van der Waals surface area contributed by atoms with Crippen LogP contribution in [0.15, 0.2) is 12.5 Å². The molecule has 0 fully saturated rings. The van der Waals surface area contributed by atoms with Gasteiger partial charge < -0.3 is 15.5 Å². The Bertz CT molecular complexity index is 325. The number of nitrogens with zero attached hydrogens (tertiary/aromatic N) is 1. The number of hydrogen-bond donors (Lipinski definition) is 2. The highest BCUT2D eigenvalue weighted by Crippen LogP contribution is 2.06. The second-order valence-electron chi connectivity index (χ2n) is 4.41. The average molecular weight is 239 g/mol. The van der Waals surface area contributed by atoms with Gasteiger partial charge in [0.05, 0.1) is 12.9 Å². The van der Waals surface area contributed by atoms with E-state index < -0.39 is 6.04 Å². The molecule has 1 unspecified atom stereocenters. The zero-order chi connectivity index (χ0) is 12.7. The standard InChI is InChI=1S/C12H21N3O2/c1-3-4-9(2)7-17-12(16)11(13)5-10-6-14-8-15-10/h6,8-9,11H,3-5,7,13H2,1-2H3,(H,14,15)/t9?,11-/m0/s1. The molecule has 3 N–H and O–H groups in total. The summed E-state index contributed by atoms with van der Waals surface area (Å²) in [5.41, 5.74) is 6.59. The Labute approximate surface area is 102 Å². The van der Waals surface area contributed by atoms with Gasteiger partial charge in [-0.05, 0) is 12.3 Å². The van der Waals surface area contributed by atoms with Gasteiger partial charge in [-0.3, -0.25) is 4.79 Å². The summed E-state index contributed by atoms with van der Waals surface area (Å²) in [5, 5.41) is 0. The number of rotatable bonds is 7. The van der Waals surface area contributed by atoms with Gasteiger partial charge >= 0.3 is 5.97 Å². The van der Waals surface area contributed by atoms with Crippen LogP contribution < -0.4 is 5.73 Å². The van der Waals surface area contributed by atoms with Crippen LogP contribution in [0.5, 0.6) is 0 Å². The highest BCUT2D eigenvalue weighted by Gasteiger charge is 2.17. The number of carbonyl (C=O) groups excluding carboxylic acids is 1. The summed E-state index contributed by atoms with van der Waals surface area (Å²) in [6.07, 6.45) is 5.81. The van der Waals surface area contributed by atoms with Crippen molar-refractivity contribution in [2.75, 3.05) is 6.61 Å². The first-order valence-electron chi connectivity index (χ1n) is 6.03. The number of aromatic amines is 1. The van der Waals surface area contributed by atoms with Crippen LogP contribution in [0.4, 0.5) is 0 Å². The number of imidazole rings is 1. The fraction of sp³-hybridized carbons (Fsp3) is 0.667. The van der Waals surface area contributed by atoms with Crippen LogP contribution >= 0.6 is 0 Å². The molecular weight excluding hydrogens is 218 g/mol. The summed E-state index contributed by atoms with van der Waals surface area (Å²) in [7, 11) is 0. The number of carbonyl (C=O) groups is 1. The zero-order valence-electron chi connectivity index (χ0n) is 10.5. The predicted octanol–water partition coefficient (Wildman–Crippen LogP) is 1.26. The van der Waals surface area contributed by atoms with Gasteiger partial charge in [0.15, 0.2) is 0 Å². The Hall–Kier alpha value is -1.36. The van der Waals surface area contributed by atoms with Gasteiger partial charge in [0.2, 0.25) is 0 Å². The molecule has 0 saturated carbocycles. The number of ether oxygens (including phenoxy) is 1. The van der Waals surface area contributed by atoms with Crippen molar-refractivity contribution in [1.82, 2.24) is 9.97 Å². The molecule has 96 valence electrons. The van der Waals surface area contributed by atoms with Gasteiger partial charge in [0.1, 0.15) is 6.04 Å². The van der Waals surface area contributed by atoms with Crippen molar-refractivity contribution < 1.29 is 9.53 Å². The van der Waals surface area contributed by atoms with Crippen LogP contribution in [-0.2, 0) is 16.0 Å². The molecule has 0 aromatic carbocycles. The molecule has 1 rings (SSSR count). The molecule has 0 bridgehead atoms. The lowest BCUT2D eigenvalue weighted by Crippen LogP contribution is -2.35. The second-order valence-corrected chi connectivity index (χ2v) is 4.41. The molecule has 0 radical (unpaired) electrons. The third-order valence-corrected chi connectivity index (χ3v) is 2.59. The molecule has 1 aromatic heterocycles. The summed E-state index contributed by atoms with van der Waals surface area (Å²) in [4.78, 5) is 18.4. The Balaban J connectivity index is 2.27. The van der Waals surface area contributed by atoms with Crippen LogP contribution in [0.2, 0.25) is 0 Å². The van der Waals surface area contributed by atoms with Crippen LogP contribution in [0.25, 0.3) is 0 Å². The first-order chi connectivity index (χ1) is 8.13.